The van der Waals surface area contributed by atoms with Gasteiger partial charge in [-0.2, -0.15) is 15.1 Å². The molecule has 0 bridgehead atoms. The first kappa shape index (κ1) is 18.1. The fourth-order valence-corrected chi connectivity index (χ4v) is 4.89. The van der Waals surface area contributed by atoms with E-state index < -0.39 is 0 Å². The van der Waals surface area contributed by atoms with Crippen molar-refractivity contribution < 1.29 is 4.74 Å². The first-order valence-electron chi connectivity index (χ1n) is 10.8. The van der Waals surface area contributed by atoms with Gasteiger partial charge in [0.25, 0.3) is 0 Å². The molecule has 152 valence electrons. The van der Waals surface area contributed by atoms with Crippen LogP contribution in [0, 0.1) is 0 Å². The highest BCUT2D eigenvalue weighted by atomic mass is 16.5. The van der Waals surface area contributed by atoms with Crippen LogP contribution in [0.2, 0.25) is 0 Å². The van der Waals surface area contributed by atoms with Gasteiger partial charge in [-0.3, -0.25) is 9.58 Å². The summed E-state index contributed by atoms with van der Waals surface area (Å²) in [5.41, 5.74) is 0.918. The minimum atomic E-state index is 0.751. The zero-order valence-corrected chi connectivity index (χ0v) is 16.9. The maximum Gasteiger partial charge on any atom is 0.229 e. The molecule has 2 aliphatic heterocycles. The molecule has 8 nitrogen and oxygen atoms in total. The van der Waals surface area contributed by atoms with E-state index in [2.05, 4.69) is 19.8 Å². The van der Waals surface area contributed by atoms with E-state index in [4.69, 9.17) is 14.7 Å². The van der Waals surface area contributed by atoms with E-state index in [1.807, 2.05) is 17.9 Å². The molecule has 28 heavy (non-hydrogen) atoms. The van der Waals surface area contributed by atoms with E-state index in [9.17, 15) is 0 Å². The zero-order chi connectivity index (χ0) is 18.9. The standard InChI is InChI=1S/C20H31N7O/c1-24-18-17(15-21-24)19(26-11-13-28-14-12-26)23-20(22-18)27-9-7-25(8-10-27)16-5-3-2-4-6-16/h15-16H,2-14H2,1H3. The van der Waals surface area contributed by atoms with Crippen LogP contribution in [-0.4, -0.2) is 83.2 Å². The molecule has 1 saturated carbocycles. The highest BCUT2D eigenvalue weighted by Gasteiger charge is 2.27. The predicted octanol–water partition coefficient (Wildman–Crippen LogP) is 1.65. The summed E-state index contributed by atoms with van der Waals surface area (Å²) < 4.78 is 7.40. The van der Waals surface area contributed by atoms with Gasteiger partial charge in [-0.25, -0.2) is 0 Å². The van der Waals surface area contributed by atoms with Gasteiger partial charge in [-0.05, 0) is 12.8 Å². The van der Waals surface area contributed by atoms with Crippen LogP contribution in [0.5, 0.6) is 0 Å². The SMILES string of the molecule is Cn1ncc2c(N3CCOCC3)nc(N3CCN(C4CCCCC4)CC3)nc21. The van der Waals surface area contributed by atoms with Crippen molar-refractivity contribution in [2.75, 3.05) is 62.3 Å². The van der Waals surface area contributed by atoms with E-state index in [-0.39, 0.29) is 0 Å². The van der Waals surface area contributed by atoms with Crippen LogP contribution in [-0.2, 0) is 11.8 Å². The number of aryl methyl sites for hydroxylation is 1. The van der Waals surface area contributed by atoms with Gasteiger partial charge < -0.3 is 14.5 Å². The summed E-state index contributed by atoms with van der Waals surface area (Å²) in [6, 6.07) is 0.792. The number of ether oxygens (including phenoxy) is 1. The second-order valence-corrected chi connectivity index (χ2v) is 8.27. The summed E-state index contributed by atoms with van der Waals surface area (Å²) in [4.78, 5) is 17.3. The first-order chi connectivity index (χ1) is 13.8. The number of rotatable bonds is 3. The normalized spacial score (nSPS) is 22.9. The predicted molar refractivity (Wildman–Crippen MR) is 110 cm³/mol. The van der Waals surface area contributed by atoms with Gasteiger partial charge in [0, 0.05) is 52.4 Å². The maximum absolute atomic E-state index is 5.53. The molecule has 2 aromatic heterocycles. The van der Waals surface area contributed by atoms with Crippen LogP contribution < -0.4 is 9.80 Å². The van der Waals surface area contributed by atoms with Gasteiger partial charge in [0.15, 0.2) is 5.65 Å². The molecular weight excluding hydrogens is 354 g/mol. The number of nitrogens with zero attached hydrogens (tertiary/aromatic N) is 7. The number of aromatic nitrogens is 4. The van der Waals surface area contributed by atoms with Crippen molar-refractivity contribution in [3.05, 3.63) is 6.20 Å². The molecule has 3 aliphatic rings. The van der Waals surface area contributed by atoms with E-state index in [1.54, 1.807) is 0 Å². The van der Waals surface area contributed by atoms with E-state index in [0.717, 1.165) is 81.3 Å². The average molecular weight is 386 g/mol. The molecule has 0 amide bonds. The molecule has 8 heteroatoms. The summed E-state index contributed by atoms with van der Waals surface area (Å²) in [6.07, 6.45) is 8.85. The average Bonchev–Trinajstić information content (AvgIpc) is 3.15. The third-order valence-corrected chi connectivity index (χ3v) is 6.56. The Morgan fingerprint density at radius 2 is 1.64 bits per heavy atom. The number of hydrogen-bond acceptors (Lipinski definition) is 7. The van der Waals surface area contributed by atoms with Crippen molar-refractivity contribution in [1.29, 1.82) is 0 Å². The fraction of sp³-hybridized carbons (Fsp3) is 0.750. The largest absolute Gasteiger partial charge is 0.378 e. The zero-order valence-electron chi connectivity index (χ0n) is 16.9. The van der Waals surface area contributed by atoms with E-state index >= 15 is 0 Å². The second kappa shape index (κ2) is 7.83. The van der Waals surface area contributed by atoms with Crippen LogP contribution in [0.3, 0.4) is 0 Å². The van der Waals surface area contributed by atoms with Crippen LogP contribution in [0.25, 0.3) is 11.0 Å². The summed E-state index contributed by atoms with van der Waals surface area (Å²) in [7, 11) is 1.96. The molecule has 4 heterocycles. The Hall–Kier alpha value is -1.93. The topological polar surface area (TPSA) is 62.6 Å². The Morgan fingerprint density at radius 1 is 0.893 bits per heavy atom. The Bertz CT molecular complexity index is 802. The lowest BCUT2D eigenvalue weighted by Gasteiger charge is -2.41. The third kappa shape index (κ3) is 3.43. The third-order valence-electron chi connectivity index (χ3n) is 6.56. The van der Waals surface area contributed by atoms with E-state index in [0.29, 0.717) is 0 Å². The lowest BCUT2D eigenvalue weighted by molar-refractivity contribution is 0.122. The summed E-state index contributed by atoms with van der Waals surface area (Å²) in [6.45, 7) is 7.48. The number of morpholine rings is 1. The van der Waals surface area contributed by atoms with Crippen LogP contribution >= 0.6 is 0 Å². The van der Waals surface area contributed by atoms with Crippen LogP contribution in [0.1, 0.15) is 32.1 Å². The smallest absolute Gasteiger partial charge is 0.229 e. The molecule has 0 N–H and O–H groups in total. The van der Waals surface area contributed by atoms with Crippen molar-refractivity contribution in [3.8, 4) is 0 Å². The van der Waals surface area contributed by atoms with Gasteiger partial charge in [-0.15, -0.1) is 0 Å². The van der Waals surface area contributed by atoms with E-state index in [1.165, 1.54) is 32.1 Å². The lowest BCUT2D eigenvalue weighted by atomic mass is 9.94. The molecule has 3 fully saturated rings. The first-order valence-corrected chi connectivity index (χ1v) is 10.8. The summed E-state index contributed by atoms with van der Waals surface area (Å²) in [5, 5.41) is 5.48. The van der Waals surface area contributed by atoms with Crippen LogP contribution in [0.15, 0.2) is 6.20 Å². The molecule has 2 aromatic rings. The summed E-state index contributed by atoms with van der Waals surface area (Å²) in [5.74, 6) is 1.85. The minimum absolute atomic E-state index is 0.751. The van der Waals surface area contributed by atoms with Gasteiger partial charge in [0.2, 0.25) is 5.95 Å². The van der Waals surface area contributed by atoms with Gasteiger partial charge >= 0.3 is 0 Å². The molecule has 0 aromatic carbocycles. The van der Waals surface area contributed by atoms with Gasteiger partial charge in [-0.1, -0.05) is 19.3 Å². The number of fused-ring (bicyclic) bond motifs is 1. The highest BCUT2D eigenvalue weighted by Crippen LogP contribution is 2.28. The minimum Gasteiger partial charge on any atom is -0.378 e. The van der Waals surface area contributed by atoms with Crippen molar-refractivity contribution in [3.63, 3.8) is 0 Å². The quantitative estimate of drug-likeness (QED) is 0.796. The number of piperazine rings is 1. The van der Waals surface area contributed by atoms with Crippen molar-refractivity contribution in [2.24, 2.45) is 7.05 Å². The van der Waals surface area contributed by atoms with Crippen molar-refractivity contribution in [2.45, 2.75) is 38.1 Å². The Kier molecular flexibility index (Phi) is 5.07. The van der Waals surface area contributed by atoms with Gasteiger partial charge in [0.05, 0.1) is 24.8 Å². The van der Waals surface area contributed by atoms with Crippen molar-refractivity contribution >= 4 is 22.8 Å². The van der Waals surface area contributed by atoms with Gasteiger partial charge in [0.1, 0.15) is 5.82 Å². The number of anilines is 2. The van der Waals surface area contributed by atoms with Crippen LogP contribution in [0.4, 0.5) is 11.8 Å². The Morgan fingerprint density at radius 3 is 2.39 bits per heavy atom. The van der Waals surface area contributed by atoms with Crippen molar-refractivity contribution in [1.82, 2.24) is 24.6 Å². The second-order valence-electron chi connectivity index (χ2n) is 8.27. The molecule has 0 radical (unpaired) electrons. The monoisotopic (exact) mass is 385 g/mol. The molecule has 2 saturated heterocycles. The molecule has 0 atom stereocenters. The highest BCUT2D eigenvalue weighted by molar-refractivity contribution is 5.88. The maximum atomic E-state index is 5.53. The Labute approximate surface area is 166 Å². The molecular formula is C20H31N7O. The summed E-state index contributed by atoms with van der Waals surface area (Å²) >= 11 is 0. The molecule has 0 unspecified atom stereocenters. The lowest BCUT2D eigenvalue weighted by Crippen LogP contribution is -2.51. The molecule has 1 aliphatic carbocycles. The number of hydrogen-bond donors (Lipinski definition) is 0. The fourth-order valence-electron chi connectivity index (χ4n) is 4.89. The Balaban J connectivity index is 1.37. The molecule has 5 rings (SSSR count). The molecule has 0 spiro atoms.